The standard InChI is InChI=1S/C25H32F3NO5S/c1-29(14-12-18-7-10-22(11-8-18)34-35(30,31)25(26,27)28)13-4-5-19-6-9-20-16-23(32-2)24(33-3)17-21(20)15-19/h7-8,10-11,16-17,19H,4-6,9,12-15H2,1-3H3. The Hall–Kier alpha value is -2.46. The third-order valence-electron chi connectivity index (χ3n) is 6.38. The van der Waals surface area contributed by atoms with Gasteiger partial charge in [0, 0.05) is 6.54 Å². The lowest BCUT2D eigenvalue weighted by Gasteiger charge is -2.26. The average molecular weight is 516 g/mol. The third-order valence-corrected chi connectivity index (χ3v) is 7.36. The summed E-state index contributed by atoms with van der Waals surface area (Å²) in [6.45, 7) is 1.73. The van der Waals surface area contributed by atoms with Crippen molar-refractivity contribution in [3.63, 3.8) is 0 Å². The number of methoxy groups -OCH3 is 2. The molecule has 3 rings (SSSR count). The van der Waals surface area contributed by atoms with Crippen molar-refractivity contribution in [2.45, 2.75) is 44.0 Å². The fourth-order valence-corrected chi connectivity index (χ4v) is 4.83. The summed E-state index contributed by atoms with van der Waals surface area (Å²) in [4.78, 5) is 2.23. The van der Waals surface area contributed by atoms with E-state index in [-0.39, 0.29) is 5.75 Å². The predicted octanol–water partition coefficient (Wildman–Crippen LogP) is 4.99. The Labute approximate surface area is 205 Å². The molecule has 0 bridgehead atoms. The van der Waals surface area contributed by atoms with Crippen LogP contribution in [0, 0.1) is 5.92 Å². The van der Waals surface area contributed by atoms with Crippen LogP contribution in [0.2, 0.25) is 0 Å². The first-order valence-corrected chi connectivity index (χ1v) is 12.9. The average Bonchev–Trinajstić information content (AvgIpc) is 2.81. The molecule has 0 saturated carbocycles. The second-order valence-corrected chi connectivity index (χ2v) is 10.4. The lowest BCUT2D eigenvalue weighted by Crippen LogP contribution is -2.28. The zero-order valence-corrected chi connectivity index (χ0v) is 21.0. The number of nitrogens with zero attached hydrogens (tertiary/aromatic N) is 1. The minimum atomic E-state index is -5.65. The van der Waals surface area contributed by atoms with Crippen LogP contribution in [0.1, 0.15) is 36.0 Å². The molecule has 6 nitrogen and oxygen atoms in total. The van der Waals surface area contributed by atoms with Crippen molar-refractivity contribution in [1.82, 2.24) is 4.90 Å². The summed E-state index contributed by atoms with van der Waals surface area (Å²) in [6, 6.07) is 9.83. The first kappa shape index (κ1) is 27.1. The van der Waals surface area contributed by atoms with E-state index in [1.165, 1.54) is 23.3 Å². The largest absolute Gasteiger partial charge is 0.534 e. The van der Waals surface area contributed by atoms with Gasteiger partial charge < -0.3 is 18.6 Å². The second kappa shape index (κ2) is 11.5. The molecule has 0 aromatic heterocycles. The Morgan fingerprint density at radius 3 is 2.23 bits per heavy atom. The number of rotatable bonds is 11. The first-order valence-electron chi connectivity index (χ1n) is 11.5. The van der Waals surface area contributed by atoms with Gasteiger partial charge in [0.15, 0.2) is 11.5 Å². The molecule has 0 aliphatic heterocycles. The second-order valence-electron chi connectivity index (χ2n) is 8.91. The van der Waals surface area contributed by atoms with Crippen molar-refractivity contribution in [2.24, 2.45) is 5.92 Å². The highest BCUT2D eigenvalue weighted by Gasteiger charge is 2.48. The fourth-order valence-electron chi connectivity index (χ4n) is 4.37. The van der Waals surface area contributed by atoms with E-state index in [2.05, 4.69) is 21.2 Å². The highest BCUT2D eigenvalue weighted by molar-refractivity contribution is 7.88. The number of likely N-dealkylation sites (N-methyl/N-ethyl adjacent to an activating group) is 1. The van der Waals surface area contributed by atoms with Crippen LogP contribution in [-0.4, -0.2) is 53.2 Å². The molecule has 0 radical (unpaired) electrons. The van der Waals surface area contributed by atoms with Crippen LogP contribution in [0.15, 0.2) is 36.4 Å². The lowest BCUT2D eigenvalue weighted by atomic mass is 9.81. The quantitative estimate of drug-likeness (QED) is 0.310. The predicted molar refractivity (Wildman–Crippen MR) is 128 cm³/mol. The zero-order valence-electron chi connectivity index (χ0n) is 20.2. The SMILES string of the molecule is COc1cc2c(cc1OC)CC(CCCN(C)CCc1ccc(OS(=O)(=O)C(F)(F)F)cc1)CC2. The van der Waals surface area contributed by atoms with E-state index >= 15 is 0 Å². The molecular formula is C25H32F3NO5S. The molecule has 0 N–H and O–H groups in total. The van der Waals surface area contributed by atoms with Crippen LogP contribution in [0.4, 0.5) is 13.2 Å². The van der Waals surface area contributed by atoms with E-state index in [1.807, 2.05) is 7.05 Å². The van der Waals surface area contributed by atoms with Gasteiger partial charge in [-0.3, -0.25) is 0 Å². The van der Waals surface area contributed by atoms with Gasteiger partial charge in [0.1, 0.15) is 5.75 Å². The maximum Gasteiger partial charge on any atom is 0.534 e. The number of hydrogen-bond acceptors (Lipinski definition) is 6. The maximum absolute atomic E-state index is 12.4. The highest BCUT2D eigenvalue weighted by Crippen LogP contribution is 2.36. The van der Waals surface area contributed by atoms with Gasteiger partial charge in [-0.05, 0) is 99.0 Å². The van der Waals surface area contributed by atoms with Crippen LogP contribution >= 0.6 is 0 Å². The molecule has 2 aromatic rings. The zero-order chi connectivity index (χ0) is 25.6. The Kier molecular flexibility index (Phi) is 8.93. The topological polar surface area (TPSA) is 65.1 Å². The molecule has 35 heavy (non-hydrogen) atoms. The van der Waals surface area contributed by atoms with E-state index in [4.69, 9.17) is 9.47 Å². The molecule has 1 aliphatic rings. The maximum atomic E-state index is 12.4. The van der Waals surface area contributed by atoms with E-state index < -0.39 is 15.6 Å². The molecule has 1 unspecified atom stereocenters. The van der Waals surface area contributed by atoms with E-state index in [0.29, 0.717) is 12.3 Å². The minimum absolute atomic E-state index is 0.357. The summed E-state index contributed by atoms with van der Waals surface area (Å²) in [7, 11) is -0.303. The lowest BCUT2D eigenvalue weighted by molar-refractivity contribution is -0.0500. The Morgan fingerprint density at radius 2 is 1.63 bits per heavy atom. The Bertz CT molecular complexity index is 1090. The van der Waals surface area contributed by atoms with Crippen LogP contribution in [0.25, 0.3) is 0 Å². The fraction of sp³-hybridized carbons (Fsp3) is 0.520. The van der Waals surface area contributed by atoms with Gasteiger partial charge in [-0.2, -0.15) is 21.6 Å². The normalized spacial score (nSPS) is 16.1. The molecule has 0 saturated heterocycles. The smallest absolute Gasteiger partial charge is 0.493 e. The van der Waals surface area contributed by atoms with Gasteiger partial charge in [0.2, 0.25) is 0 Å². The molecule has 0 amide bonds. The number of alkyl halides is 3. The minimum Gasteiger partial charge on any atom is -0.493 e. The molecule has 0 spiro atoms. The van der Waals surface area contributed by atoms with Gasteiger partial charge in [0.25, 0.3) is 0 Å². The van der Waals surface area contributed by atoms with Gasteiger partial charge in [-0.15, -0.1) is 0 Å². The van der Waals surface area contributed by atoms with E-state index in [0.717, 1.165) is 62.3 Å². The number of halogens is 3. The van der Waals surface area contributed by atoms with Crippen molar-refractivity contribution >= 4 is 10.1 Å². The number of fused-ring (bicyclic) bond motifs is 1. The molecule has 10 heteroatoms. The molecule has 0 heterocycles. The monoisotopic (exact) mass is 515 g/mol. The number of benzene rings is 2. The van der Waals surface area contributed by atoms with Crippen LogP contribution in [-0.2, 0) is 29.4 Å². The third kappa shape index (κ3) is 7.27. The van der Waals surface area contributed by atoms with Crippen molar-refractivity contribution in [2.75, 3.05) is 34.4 Å². The Morgan fingerprint density at radius 1 is 1.00 bits per heavy atom. The van der Waals surface area contributed by atoms with Gasteiger partial charge in [-0.1, -0.05) is 12.1 Å². The summed E-state index contributed by atoms with van der Waals surface area (Å²) in [6.07, 6.45) is 6.15. The van der Waals surface area contributed by atoms with Crippen molar-refractivity contribution < 1.29 is 35.2 Å². The molecule has 0 fully saturated rings. The Balaban J connectivity index is 1.41. The molecule has 1 atom stereocenters. The van der Waals surface area contributed by atoms with Crippen LogP contribution in [0.3, 0.4) is 0 Å². The first-order chi connectivity index (χ1) is 16.5. The van der Waals surface area contributed by atoms with Crippen molar-refractivity contribution in [3.8, 4) is 17.2 Å². The van der Waals surface area contributed by atoms with Crippen molar-refractivity contribution in [1.29, 1.82) is 0 Å². The van der Waals surface area contributed by atoms with Crippen LogP contribution < -0.4 is 13.7 Å². The van der Waals surface area contributed by atoms with Gasteiger partial charge in [-0.25, -0.2) is 0 Å². The van der Waals surface area contributed by atoms with Gasteiger partial charge >= 0.3 is 15.6 Å². The number of ether oxygens (including phenoxy) is 2. The van der Waals surface area contributed by atoms with E-state index in [9.17, 15) is 21.6 Å². The molecule has 1 aliphatic carbocycles. The molecule has 194 valence electrons. The summed E-state index contributed by atoms with van der Waals surface area (Å²) in [5.41, 5.74) is -1.89. The summed E-state index contributed by atoms with van der Waals surface area (Å²) >= 11 is 0. The van der Waals surface area contributed by atoms with Crippen molar-refractivity contribution in [3.05, 3.63) is 53.1 Å². The summed E-state index contributed by atoms with van der Waals surface area (Å²) in [5, 5.41) is 0. The highest BCUT2D eigenvalue weighted by atomic mass is 32.2. The summed E-state index contributed by atoms with van der Waals surface area (Å²) in [5.74, 6) is 1.83. The van der Waals surface area contributed by atoms with E-state index in [1.54, 1.807) is 26.4 Å². The van der Waals surface area contributed by atoms with Gasteiger partial charge in [0.05, 0.1) is 14.2 Å². The van der Waals surface area contributed by atoms with Crippen LogP contribution in [0.5, 0.6) is 17.2 Å². The number of aryl methyl sites for hydroxylation is 1. The molecular weight excluding hydrogens is 483 g/mol. The summed E-state index contributed by atoms with van der Waals surface area (Å²) < 4.78 is 74.4. The number of hydrogen-bond donors (Lipinski definition) is 0. The molecule has 2 aromatic carbocycles.